The Hall–Kier alpha value is -3.15. The number of nitrogens with zero attached hydrogens (tertiary/aromatic N) is 4. The van der Waals surface area contributed by atoms with E-state index in [0.717, 1.165) is 79.4 Å². The molecule has 6 nitrogen and oxygen atoms in total. The van der Waals surface area contributed by atoms with Crippen molar-refractivity contribution < 1.29 is 14.8 Å². The maximum Gasteiger partial charge on any atom is 0.246 e. The molecule has 1 saturated carbocycles. The van der Waals surface area contributed by atoms with Gasteiger partial charge in [-0.25, -0.2) is 0 Å². The van der Waals surface area contributed by atoms with Gasteiger partial charge in [0, 0.05) is 36.4 Å². The second-order valence-electron chi connectivity index (χ2n) is 14.5. The minimum Gasteiger partial charge on any atom is -0.507 e. The van der Waals surface area contributed by atoms with Crippen molar-refractivity contribution in [1.82, 2.24) is 4.90 Å². The van der Waals surface area contributed by atoms with Crippen LogP contribution < -0.4 is 0 Å². The number of benzene rings is 2. The largest absolute Gasteiger partial charge is 0.507 e. The fourth-order valence-corrected chi connectivity index (χ4v) is 7.26. The van der Waals surface area contributed by atoms with Crippen LogP contribution in [0, 0.1) is 13.8 Å². The van der Waals surface area contributed by atoms with E-state index in [4.69, 9.17) is 9.98 Å². The van der Waals surface area contributed by atoms with Crippen LogP contribution in [0.3, 0.4) is 0 Å². The summed E-state index contributed by atoms with van der Waals surface area (Å²) in [5.41, 5.74) is 5.81. The lowest BCUT2D eigenvalue weighted by atomic mass is 9.84. The molecular weight excluding hydrogens is 544 g/mol. The van der Waals surface area contributed by atoms with E-state index in [1.165, 1.54) is 50.8 Å². The molecule has 1 fully saturated rings. The van der Waals surface area contributed by atoms with Crippen LogP contribution in [-0.4, -0.2) is 76.2 Å². The molecule has 2 atom stereocenters. The summed E-state index contributed by atoms with van der Waals surface area (Å²) in [6.45, 7) is 15.3. The van der Waals surface area contributed by atoms with Crippen LogP contribution in [0.5, 0.6) is 11.5 Å². The Kier molecular flexibility index (Phi) is 10.5. The number of aromatic hydroxyl groups is 2. The first kappa shape index (κ1) is 32.2. The average molecular weight is 600 g/mol. The molecule has 3 aliphatic rings. The van der Waals surface area contributed by atoms with Gasteiger partial charge in [-0.05, 0) is 98.6 Å². The minimum absolute atomic E-state index is 0.0276. The van der Waals surface area contributed by atoms with Gasteiger partial charge in [0.2, 0.25) is 5.84 Å². The molecule has 44 heavy (non-hydrogen) atoms. The van der Waals surface area contributed by atoms with E-state index in [9.17, 15) is 10.2 Å². The van der Waals surface area contributed by atoms with Gasteiger partial charge in [0.15, 0.2) is 0 Å². The molecule has 0 amide bonds. The maximum absolute atomic E-state index is 11.5. The van der Waals surface area contributed by atoms with Crippen molar-refractivity contribution >= 4 is 18.3 Å². The van der Waals surface area contributed by atoms with Crippen LogP contribution >= 0.6 is 0 Å². The summed E-state index contributed by atoms with van der Waals surface area (Å²) in [4.78, 5) is 12.6. The Morgan fingerprint density at radius 1 is 0.841 bits per heavy atom. The Labute approximate surface area is 265 Å². The number of amidine groups is 1. The van der Waals surface area contributed by atoms with Crippen molar-refractivity contribution in [3.63, 3.8) is 0 Å². The van der Waals surface area contributed by atoms with E-state index in [2.05, 4.69) is 42.4 Å². The fourth-order valence-electron chi connectivity index (χ4n) is 7.26. The van der Waals surface area contributed by atoms with Gasteiger partial charge in [-0.15, -0.1) is 0 Å². The number of aryl methyl sites for hydroxylation is 3. The lowest BCUT2D eigenvalue weighted by Gasteiger charge is -2.27. The normalized spacial score (nSPS) is 21.7. The van der Waals surface area contributed by atoms with Gasteiger partial charge in [0.25, 0.3) is 0 Å². The van der Waals surface area contributed by atoms with Gasteiger partial charge in [-0.3, -0.25) is 19.5 Å². The summed E-state index contributed by atoms with van der Waals surface area (Å²) < 4.78 is 2.63. The molecule has 2 unspecified atom stereocenters. The number of hydrogen-bond acceptors (Lipinski definition) is 5. The lowest BCUT2D eigenvalue weighted by molar-refractivity contribution is -0.539. The zero-order valence-corrected chi connectivity index (χ0v) is 27.9. The molecule has 6 heteroatoms. The van der Waals surface area contributed by atoms with E-state index >= 15 is 0 Å². The van der Waals surface area contributed by atoms with Gasteiger partial charge < -0.3 is 10.2 Å². The van der Waals surface area contributed by atoms with E-state index in [1.807, 2.05) is 38.4 Å². The molecule has 0 bridgehead atoms. The van der Waals surface area contributed by atoms with Gasteiger partial charge in [-0.2, -0.15) is 0 Å². The monoisotopic (exact) mass is 599 g/mol. The summed E-state index contributed by atoms with van der Waals surface area (Å²) in [5.74, 6) is 2.24. The minimum atomic E-state index is -0.0276. The van der Waals surface area contributed by atoms with Crippen molar-refractivity contribution in [2.24, 2.45) is 9.98 Å². The highest BCUT2D eigenvalue weighted by Crippen LogP contribution is 2.32. The molecule has 2 aromatic carbocycles. The van der Waals surface area contributed by atoms with Gasteiger partial charge in [0.05, 0.1) is 38.3 Å². The van der Waals surface area contributed by atoms with Gasteiger partial charge >= 0.3 is 0 Å². The van der Waals surface area contributed by atoms with Crippen molar-refractivity contribution in [1.29, 1.82) is 0 Å². The molecular formula is C38H55N4O2+. The summed E-state index contributed by atoms with van der Waals surface area (Å²) in [7, 11) is 0. The highest BCUT2D eigenvalue weighted by molar-refractivity contribution is 5.86. The predicted octanol–water partition coefficient (Wildman–Crippen LogP) is 7.48. The molecule has 238 valence electrons. The first-order chi connectivity index (χ1) is 21.1. The van der Waals surface area contributed by atoms with Gasteiger partial charge in [0.1, 0.15) is 11.5 Å². The summed E-state index contributed by atoms with van der Waals surface area (Å²) in [5, 5.41) is 22.1. The van der Waals surface area contributed by atoms with Crippen LogP contribution in [0.15, 0.2) is 34.3 Å². The van der Waals surface area contributed by atoms with Crippen LogP contribution in [-0.2, 0) is 11.8 Å². The quantitative estimate of drug-likeness (QED) is 0.244. The van der Waals surface area contributed by atoms with Crippen molar-refractivity contribution in [2.45, 2.75) is 123 Å². The van der Waals surface area contributed by atoms with E-state index < -0.39 is 0 Å². The Balaban J connectivity index is 1.32. The standard InChI is InChI=1S/C38H54N4O2/c1-27-21-28(2)36(43)30(22-27)25-39-33-14-8-9-15-34(33)40-26-31-24-32(38(3,4)5)23-29(37(31)44)13-11-18-42-20-12-19-41-17-10-6-7-16-35(41)42/h21-26,33-34H,6-20H2,1-5H3,(H-,39,40,43,44)/p+1. The number of aliphatic imine (C=N–C) groups is 2. The molecule has 5 rings (SSSR count). The van der Waals surface area contributed by atoms with E-state index in [0.29, 0.717) is 11.5 Å². The summed E-state index contributed by atoms with van der Waals surface area (Å²) >= 11 is 0. The topological polar surface area (TPSA) is 71.4 Å². The third-order valence-electron chi connectivity index (χ3n) is 9.85. The molecule has 0 aromatic heterocycles. The van der Waals surface area contributed by atoms with Crippen molar-refractivity contribution in [3.8, 4) is 11.5 Å². The molecule has 2 N–H and O–H groups in total. The van der Waals surface area contributed by atoms with Crippen LogP contribution in [0.4, 0.5) is 0 Å². The van der Waals surface area contributed by atoms with Crippen molar-refractivity contribution in [2.75, 3.05) is 26.2 Å². The zero-order chi connectivity index (χ0) is 31.3. The maximum atomic E-state index is 11.5. The smallest absolute Gasteiger partial charge is 0.246 e. The predicted molar refractivity (Wildman–Crippen MR) is 184 cm³/mol. The molecule has 0 saturated heterocycles. The molecule has 0 spiro atoms. The Bertz CT molecular complexity index is 1400. The first-order valence-corrected chi connectivity index (χ1v) is 17.2. The molecule has 2 heterocycles. The Morgan fingerprint density at radius 2 is 1.52 bits per heavy atom. The number of hydrogen-bond donors (Lipinski definition) is 2. The van der Waals surface area contributed by atoms with Crippen LogP contribution in [0.25, 0.3) is 0 Å². The third kappa shape index (κ3) is 7.92. The molecule has 0 radical (unpaired) electrons. The van der Waals surface area contributed by atoms with E-state index in [-0.39, 0.29) is 17.5 Å². The van der Waals surface area contributed by atoms with E-state index in [1.54, 1.807) is 5.84 Å². The van der Waals surface area contributed by atoms with Crippen LogP contribution in [0.1, 0.15) is 118 Å². The van der Waals surface area contributed by atoms with Gasteiger partial charge in [-0.1, -0.05) is 45.7 Å². The highest BCUT2D eigenvalue weighted by Gasteiger charge is 2.28. The fraction of sp³-hybridized carbons (Fsp3) is 0.605. The second kappa shape index (κ2) is 14.3. The molecule has 2 aliphatic heterocycles. The summed E-state index contributed by atoms with van der Waals surface area (Å²) in [6, 6.07) is 8.45. The third-order valence-corrected chi connectivity index (χ3v) is 9.85. The SMILES string of the molecule is Cc1cc(C)c(O)c(C=NC2CCCCC2N=Cc2cc(C(C)(C)C)cc(CCCN3CCC[N+]4=C3CCCCC4)c2O)c1. The van der Waals surface area contributed by atoms with Crippen LogP contribution in [0.2, 0.25) is 0 Å². The average Bonchev–Trinajstić information content (AvgIpc) is 3.24. The second-order valence-corrected chi connectivity index (χ2v) is 14.5. The Morgan fingerprint density at radius 3 is 2.23 bits per heavy atom. The first-order valence-electron chi connectivity index (χ1n) is 17.2. The number of rotatable bonds is 8. The number of phenolic OH excluding ortho intramolecular Hbond substituents is 2. The highest BCUT2D eigenvalue weighted by atomic mass is 16.3. The number of phenols is 2. The molecule has 1 aliphatic carbocycles. The zero-order valence-electron chi connectivity index (χ0n) is 27.9. The summed E-state index contributed by atoms with van der Waals surface area (Å²) in [6.07, 6.45) is 16.3. The molecule has 2 aromatic rings. The lowest BCUT2D eigenvalue weighted by Crippen LogP contribution is -2.44. The van der Waals surface area contributed by atoms with Crippen molar-refractivity contribution in [3.05, 3.63) is 57.6 Å².